The Bertz CT molecular complexity index is 1110. The maximum Gasteiger partial charge on any atom is 0.217 e. The molecule has 0 radical (unpaired) electrons. The summed E-state index contributed by atoms with van der Waals surface area (Å²) in [6.07, 6.45) is 9.14. The van der Waals surface area contributed by atoms with Gasteiger partial charge in [0.25, 0.3) is 0 Å². The Morgan fingerprint density at radius 3 is 2.29 bits per heavy atom. The van der Waals surface area contributed by atoms with Crippen molar-refractivity contribution in [3.8, 4) is 5.88 Å². The summed E-state index contributed by atoms with van der Waals surface area (Å²) < 4.78 is 6.12. The van der Waals surface area contributed by atoms with Crippen LogP contribution in [0.2, 0.25) is 0 Å². The molecule has 0 amide bonds. The van der Waals surface area contributed by atoms with E-state index in [1.54, 1.807) is 0 Å². The van der Waals surface area contributed by atoms with Crippen LogP contribution in [0.15, 0.2) is 61.3 Å². The van der Waals surface area contributed by atoms with Gasteiger partial charge in [0.05, 0.1) is 6.61 Å². The van der Waals surface area contributed by atoms with Crippen LogP contribution in [0.1, 0.15) is 98.2 Å². The van der Waals surface area contributed by atoms with Gasteiger partial charge in [0.2, 0.25) is 5.88 Å². The average molecular weight is 562 g/mol. The highest BCUT2D eigenvalue weighted by atomic mass is 16.5. The number of nitrogens with two attached hydrogens (primary N) is 1. The van der Waals surface area contributed by atoms with Gasteiger partial charge < -0.3 is 20.7 Å². The van der Waals surface area contributed by atoms with Gasteiger partial charge in [0, 0.05) is 66.2 Å². The summed E-state index contributed by atoms with van der Waals surface area (Å²) in [6.45, 7) is 21.4. The van der Waals surface area contributed by atoms with Crippen LogP contribution in [0, 0.1) is 0 Å². The minimum Gasteiger partial charge on any atom is -0.477 e. The molecule has 2 aromatic heterocycles. The van der Waals surface area contributed by atoms with E-state index in [2.05, 4.69) is 54.7 Å². The zero-order chi connectivity index (χ0) is 30.5. The van der Waals surface area contributed by atoms with Crippen molar-refractivity contribution >= 4 is 28.5 Å². The lowest BCUT2D eigenvalue weighted by Crippen LogP contribution is -2.25. The molecule has 0 aliphatic carbocycles. The molecule has 0 spiro atoms. The first-order valence-corrected chi connectivity index (χ1v) is 15.7. The Labute approximate surface area is 250 Å². The molecule has 41 heavy (non-hydrogen) atoms. The summed E-state index contributed by atoms with van der Waals surface area (Å²) in [5.41, 5.74) is 12.2. The second-order valence-corrected chi connectivity index (χ2v) is 9.44. The minimum atomic E-state index is 0.512. The smallest absolute Gasteiger partial charge is 0.217 e. The highest BCUT2D eigenvalue weighted by Gasteiger charge is 2.12. The number of benzene rings is 1. The number of hydrogen-bond acceptors (Lipinski definition) is 6. The number of allylic oxidation sites excluding steroid dienone is 1. The predicted molar refractivity (Wildman–Crippen MR) is 180 cm³/mol. The van der Waals surface area contributed by atoms with Crippen LogP contribution in [0.5, 0.6) is 5.88 Å². The third kappa shape index (κ3) is 12.7. The number of unbranched alkanes of at least 4 members (excludes halogenated alkanes) is 2. The fourth-order valence-corrected chi connectivity index (χ4v) is 4.34. The predicted octanol–water partition coefficient (Wildman–Crippen LogP) is 9.70. The first-order valence-electron chi connectivity index (χ1n) is 15.7. The molecule has 0 bridgehead atoms. The molecule has 0 aliphatic rings. The molecule has 0 saturated heterocycles. The van der Waals surface area contributed by atoms with Crippen LogP contribution in [-0.2, 0) is 6.42 Å². The highest BCUT2D eigenvalue weighted by Crippen LogP contribution is 2.31. The molecule has 3 aromatic rings. The fourth-order valence-electron chi connectivity index (χ4n) is 4.34. The van der Waals surface area contributed by atoms with Crippen LogP contribution in [0.3, 0.4) is 0 Å². The molecule has 226 valence electrons. The number of anilines is 4. The maximum atomic E-state index is 6.31. The van der Waals surface area contributed by atoms with Crippen LogP contribution in [0.4, 0.5) is 22.9 Å². The molecule has 2 heterocycles. The van der Waals surface area contributed by atoms with Gasteiger partial charge in [-0.05, 0) is 61.6 Å². The van der Waals surface area contributed by atoms with E-state index in [1.165, 1.54) is 12.8 Å². The van der Waals surface area contributed by atoms with Crippen LogP contribution in [-0.4, -0.2) is 29.7 Å². The van der Waals surface area contributed by atoms with E-state index >= 15 is 0 Å². The van der Waals surface area contributed by atoms with Gasteiger partial charge >= 0.3 is 0 Å². The quantitative estimate of drug-likeness (QED) is 0.134. The monoisotopic (exact) mass is 561 g/mol. The molecule has 6 nitrogen and oxygen atoms in total. The summed E-state index contributed by atoms with van der Waals surface area (Å²) >= 11 is 0. The van der Waals surface area contributed by atoms with Crippen molar-refractivity contribution in [2.45, 2.75) is 93.4 Å². The molecule has 0 fully saturated rings. The van der Waals surface area contributed by atoms with Gasteiger partial charge in [-0.25, -0.2) is 0 Å². The normalized spacial score (nSPS) is 10.0. The van der Waals surface area contributed by atoms with Crippen molar-refractivity contribution in [3.05, 3.63) is 72.6 Å². The van der Waals surface area contributed by atoms with E-state index in [4.69, 9.17) is 15.5 Å². The van der Waals surface area contributed by atoms with Crippen molar-refractivity contribution in [3.63, 3.8) is 0 Å². The van der Waals surface area contributed by atoms with E-state index in [0.717, 1.165) is 84.9 Å². The summed E-state index contributed by atoms with van der Waals surface area (Å²) in [4.78, 5) is 11.6. The van der Waals surface area contributed by atoms with E-state index in [-0.39, 0.29) is 0 Å². The Hall–Kier alpha value is -3.54. The number of ether oxygens (including phenoxy) is 1. The Balaban J connectivity index is 0.00000201. The van der Waals surface area contributed by atoms with Gasteiger partial charge in [0.1, 0.15) is 5.82 Å². The number of hydrogen-bond donors (Lipinski definition) is 2. The first kappa shape index (κ1) is 35.5. The average Bonchev–Trinajstić information content (AvgIpc) is 3.00. The number of nitrogen functional groups attached to an aromatic ring is 1. The van der Waals surface area contributed by atoms with Gasteiger partial charge in [-0.1, -0.05) is 74.0 Å². The molecule has 6 heteroatoms. The summed E-state index contributed by atoms with van der Waals surface area (Å²) in [6, 6.07) is 16.1. The van der Waals surface area contributed by atoms with E-state index in [9.17, 15) is 0 Å². The highest BCUT2D eigenvalue weighted by molar-refractivity contribution is 5.78. The second kappa shape index (κ2) is 21.2. The summed E-state index contributed by atoms with van der Waals surface area (Å²) in [5, 5.41) is 3.49. The third-order valence-corrected chi connectivity index (χ3v) is 6.26. The summed E-state index contributed by atoms with van der Waals surface area (Å²) in [5.74, 6) is 1.35. The molecule has 0 saturated carbocycles. The molecular weight excluding hydrogens is 506 g/mol. The summed E-state index contributed by atoms with van der Waals surface area (Å²) in [7, 11) is 0. The van der Waals surface area contributed by atoms with Crippen molar-refractivity contribution in [1.82, 2.24) is 9.97 Å². The van der Waals surface area contributed by atoms with Gasteiger partial charge in [0.15, 0.2) is 0 Å². The number of rotatable bonds is 16. The minimum absolute atomic E-state index is 0.512. The molecule has 0 atom stereocenters. The van der Waals surface area contributed by atoms with Gasteiger partial charge in [-0.2, -0.15) is 4.98 Å². The number of nitrogens with one attached hydrogen (secondary N) is 1. The lowest BCUT2D eigenvalue weighted by molar-refractivity contribution is 0.309. The largest absolute Gasteiger partial charge is 0.477 e. The van der Waals surface area contributed by atoms with E-state index in [0.29, 0.717) is 12.5 Å². The Kier molecular flexibility index (Phi) is 18.4. The second-order valence-electron chi connectivity index (χ2n) is 9.44. The Morgan fingerprint density at radius 1 is 0.927 bits per heavy atom. The number of nitrogens with zero attached hydrogens (tertiary/aromatic N) is 3. The first-order chi connectivity index (χ1) is 20.0. The van der Waals surface area contributed by atoms with Crippen LogP contribution in [0.25, 0.3) is 5.57 Å². The van der Waals surface area contributed by atoms with E-state index in [1.807, 2.05) is 70.3 Å². The maximum absolute atomic E-state index is 6.31. The standard InChI is InChI=1S/C31H43N5O.2C2H6/c1-5-8-9-12-24(4)28-21-26(14-15-29(28)32)34-30-22-27(36(18-6-2)19-7-3)23-31(35-30)37-20-16-25-13-10-11-17-33-25;2*1-2/h10-11,13-15,17,21-23H,4-9,12,16,18-20,32H2,1-3H3,(H,34,35);2*1-2H3. The lowest BCUT2D eigenvalue weighted by atomic mass is 9.99. The van der Waals surface area contributed by atoms with Gasteiger partial charge in [-0.15, -0.1) is 0 Å². The molecule has 0 unspecified atom stereocenters. The molecular formula is C35H55N5O. The van der Waals surface area contributed by atoms with Crippen LogP contribution < -0.4 is 20.7 Å². The van der Waals surface area contributed by atoms with E-state index < -0.39 is 0 Å². The SMILES string of the molecule is C=C(CCCCC)c1cc(Nc2cc(N(CCC)CCC)cc(OCCc3ccccn3)n2)ccc1N.CC.CC. The van der Waals surface area contributed by atoms with Crippen molar-refractivity contribution in [2.75, 3.05) is 35.6 Å². The zero-order valence-corrected chi connectivity index (χ0v) is 26.8. The topological polar surface area (TPSA) is 76.3 Å². The number of aromatic nitrogens is 2. The fraction of sp³-hybridized carbons (Fsp3) is 0.486. The van der Waals surface area contributed by atoms with Crippen molar-refractivity contribution in [1.29, 1.82) is 0 Å². The molecule has 0 aliphatic heterocycles. The van der Waals surface area contributed by atoms with Crippen molar-refractivity contribution < 1.29 is 4.74 Å². The van der Waals surface area contributed by atoms with Crippen LogP contribution >= 0.6 is 0 Å². The van der Waals surface area contributed by atoms with Crippen molar-refractivity contribution in [2.24, 2.45) is 0 Å². The molecule has 1 aromatic carbocycles. The van der Waals surface area contributed by atoms with Gasteiger partial charge in [-0.3, -0.25) is 4.98 Å². The molecule has 3 N–H and O–H groups in total. The molecule has 3 rings (SSSR count). The number of pyridine rings is 2. The zero-order valence-electron chi connectivity index (χ0n) is 26.8. The third-order valence-electron chi connectivity index (χ3n) is 6.26. The Morgan fingerprint density at radius 2 is 1.66 bits per heavy atom. The lowest BCUT2D eigenvalue weighted by Gasteiger charge is -2.25.